The van der Waals surface area contributed by atoms with E-state index in [9.17, 15) is 9.59 Å². The van der Waals surface area contributed by atoms with E-state index in [1.807, 2.05) is 38.1 Å². The molecular formula is C24H23N3O5. The highest BCUT2D eigenvalue weighted by Crippen LogP contribution is 2.22. The van der Waals surface area contributed by atoms with E-state index in [4.69, 9.17) is 13.9 Å². The summed E-state index contributed by atoms with van der Waals surface area (Å²) in [4.78, 5) is 29.9. The van der Waals surface area contributed by atoms with Crippen LogP contribution >= 0.6 is 0 Å². The van der Waals surface area contributed by atoms with Gasteiger partial charge in [0, 0.05) is 17.5 Å². The smallest absolute Gasteiger partial charge is 0.359 e. The van der Waals surface area contributed by atoms with Gasteiger partial charge in [0.1, 0.15) is 24.3 Å². The van der Waals surface area contributed by atoms with Crippen LogP contribution in [0.5, 0.6) is 5.75 Å². The van der Waals surface area contributed by atoms with E-state index in [1.54, 1.807) is 31.4 Å². The van der Waals surface area contributed by atoms with E-state index in [1.165, 1.54) is 10.9 Å². The van der Waals surface area contributed by atoms with Gasteiger partial charge in [-0.2, -0.15) is 5.10 Å². The quantitative estimate of drug-likeness (QED) is 0.405. The number of fused-ring (bicyclic) bond motifs is 1. The van der Waals surface area contributed by atoms with Crippen LogP contribution in [-0.4, -0.2) is 27.8 Å². The van der Waals surface area contributed by atoms with Gasteiger partial charge in [-0.15, -0.1) is 0 Å². The number of aromatic nitrogens is 3. The van der Waals surface area contributed by atoms with Crippen molar-refractivity contribution in [2.24, 2.45) is 5.92 Å². The maximum Gasteiger partial charge on any atom is 0.359 e. The Morgan fingerprint density at radius 1 is 1.09 bits per heavy atom. The van der Waals surface area contributed by atoms with Gasteiger partial charge in [-0.3, -0.25) is 4.79 Å². The Morgan fingerprint density at radius 3 is 2.50 bits per heavy atom. The van der Waals surface area contributed by atoms with Crippen molar-refractivity contribution >= 4 is 16.7 Å². The Bertz CT molecular complexity index is 1310. The Hall–Kier alpha value is -3.94. The van der Waals surface area contributed by atoms with Gasteiger partial charge in [-0.25, -0.2) is 14.5 Å². The molecule has 2 aromatic heterocycles. The van der Waals surface area contributed by atoms with Gasteiger partial charge in [0.15, 0.2) is 5.69 Å². The zero-order valence-electron chi connectivity index (χ0n) is 18.1. The molecule has 0 fully saturated rings. The average Bonchev–Trinajstić information content (AvgIpc) is 3.28. The monoisotopic (exact) mass is 433 g/mol. The standard InChI is InChI=1S/C24H23N3O5/c1-15(2)12-27-23(28)20-7-5-4-6-19(20)21(26-27)24(29)32-14-17-13-31-22(25-17)16-8-10-18(30-3)11-9-16/h4-11,13,15H,12,14H2,1-3H3. The van der Waals surface area contributed by atoms with E-state index >= 15 is 0 Å². The topological polar surface area (TPSA) is 96.5 Å². The molecule has 0 spiro atoms. The van der Waals surface area contributed by atoms with Crippen LogP contribution in [0.15, 0.2) is 64.0 Å². The molecule has 32 heavy (non-hydrogen) atoms. The number of esters is 1. The fourth-order valence-electron chi connectivity index (χ4n) is 3.30. The molecule has 0 N–H and O–H groups in total. The van der Waals surface area contributed by atoms with Crippen molar-refractivity contribution in [1.29, 1.82) is 0 Å². The number of rotatable bonds is 7. The first kappa shape index (κ1) is 21.3. The summed E-state index contributed by atoms with van der Waals surface area (Å²) in [5, 5.41) is 5.18. The lowest BCUT2D eigenvalue weighted by molar-refractivity contribution is 0.0460. The molecule has 164 valence electrons. The zero-order chi connectivity index (χ0) is 22.7. The number of hydrogen-bond donors (Lipinski definition) is 0. The minimum Gasteiger partial charge on any atom is -0.497 e. The Balaban J connectivity index is 1.55. The van der Waals surface area contributed by atoms with Crippen molar-refractivity contribution < 1.29 is 18.7 Å². The maximum atomic E-state index is 12.9. The van der Waals surface area contributed by atoms with E-state index < -0.39 is 5.97 Å². The van der Waals surface area contributed by atoms with Crippen molar-refractivity contribution in [3.63, 3.8) is 0 Å². The number of ether oxygens (including phenoxy) is 2. The number of nitrogens with zero attached hydrogens (tertiary/aromatic N) is 3. The highest BCUT2D eigenvalue weighted by Gasteiger charge is 2.19. The molecule has 0 aliphatic rings. The van der Waals surface area contributed by atoms with Crippen molar-refractivity contribution in [2.45, 2.75) is 27.0 Å². The molecule has 8 heteroatoms. The summed E-state index contributed by atoms with van der Waals surface area (Å²) in [6.07, 6.45) is 1.44. The van der Waals surface area contributed by atoms with Crippen molar-refractivity contribution in [3.8, 4) is 17.2 Å². The van der Waals surface area contributed by atoms with Crippen LogP contribution in [0.1, 0.15) is 30.0 Å². The second-order valence-electron chi connectivity index (χ2n) is 7.72. The van der Waals surface area contributed by atoms with Gasteiger partial charge in [0.05, 0.1) is 12.5 Å². The summed E-state index contributed by atoms with van der Waals surface area (Å²) in [5.74, 6) is 0.699. The summed E-state index contributed by atoms with van der Waals surface area (Å²) in [7, 11) is 1.60. The number of hydrogen-bond acceptors (Lipinski definition) is 7. The lowest BCUT2D eigenvalue weighted by Crippen LogP contribution is -2.28. The Morgan fingerprint density at radius 2 is 1.81 bits per heavy atom. The molecule has 8 nitrogen and oxygen atoms in total. The number of carbonyl (C=O) groups is 1. The lowest BCUT2D eigenvalue weighted by Gasteiger charge is -2.12. The lowest BCUT2D eigenvalue weighted by atomic mass is 10.1. The van der Waals surface area contributed by atoms with Gasteiger partial charge in [-0.05, 0) is 36.2 Å². The molecule has 2 aromatic carbocycles. The van der Waals surface area contributed by atoms with Gasteiger partial charge in [0.2, 0.25) is 5.89 Å². The molecule has 0 aliphatic carbocycles. The molecule has 0 saturated carbocycles. The normalized spacial score (nSPS) is 11.1. The first-order valence-electron chi connectivity index (χ1n) is 10.2. The molecule has 0 bridgehead atoms. The van der Waals surface area contributed by atoms with E-state index in [2.05, 4.69) is 10.1 Å². The molecule has 0 atom stereocenters. The third-order valence-corrected chi connectivity index (χ3v) is 4.84. The van der Waals surface area contributed by atoms with Crippen molar-refractivity contribution in [3.05, 3.63) is 76.5 Å². The number of benzene rings is 2. The maximum absolute atomic E-state index is 12.9. The highest BCUT2D eigenvalue weighted by molar-refractivity contribution is 6.02. The minimum atomic E-state index is -0.632. The average molecular weight is 433 g/mol. The van der Waals surface area contributed by atoms with Crippen LogP contribution in [0.25, 0.3) is 22.2 Å². The molecule has 0 radical (unpaired) electrons. The van der Waals surface area contributed by atoms with Crippen LogP contribution in [0.2, 0.25) is 0 Å². The molecule has 0 saturated heterocycles. The van der Waals surface area contributed by atoms with Crippen LogP contribution < -0.4 is 10.3 Å². The zero-order valence-corrected chi connectivity index (χ0v) is 18.1. The summed E-state index contributed by atoms with van der Waals surface area (Å²) in [6, 6.07) is 14.2. The van der Waals surface area contributed by atoms with E-state index in [-0.39, 0.29) is 23.8 Å². The Labute approximate surface area is 184 Å². The highest BCUT2D eigenvalue weighted by atomic mass is 16.5. The molecule has 2 heterocycles. The third kappa shape index (κ3) is 4.39. The second-order valence-corrected chi connectivity index (χ2v) is 7.72. The molecule has 4 rings (SSSR count). The summed E-state index contributed by atoms with van der Waals surface area (Å²) in [6.45, 7) is 4.27. The molecular weight excluding hydrogens is 410 g/mol. The van der Waals surface area contributed by atoms with Crippen LogP contribution in [0.3, 0.4) is 0 Å². The SMILES string of the molecule is COc1ccc(-c2nc(COC(=O)c3nn(CC(C)C)c(=O)c4ccccc34)co2)cc1. The molecule has 4 aromatic rings. The first-order chi connectivity index (χ1) is 15.5. The van der Waals surface area contributed by atoms with E-state index in [0.29, 0.717) is 28.9 Å². The van der Waals surface area contributed by atoms with Gasteiger partial charge >= 0.3 is 5.97 Å². The molecule has 0 aliphatic heterocycles. The third-order valence-electron chi connectivity index (χ3n) is 4.84. The number of methoxy groups -OCH3 is 1. The predicted octanol–water partition coefficient (Wildman–Crippen LogP) is 4.07. The van der Waals surface area contributed by atoms with Gasteiger partial charge < -0.3 is 13.9 Å². The van der Waals surface area contributed by atoms with E-state index in [0.717, 1.165) is 11.3 Å². The van der Waals surface area contributed by atoms with Gasteiger partial charge in [0.25, 0.3) is 5.56 Å². The summed E-state index contributed by atoms with van der Waals surface area (Å²) in [5.41, 5.74) is 1.10. The fourth-order valence-corrected chi connectivity index (χ4v) is 3.30. The van der Waals surface area contributed by atoms with Crippen LogP contribution in [0.4, 0.5) is 0 Å². The summed E-state index contributed by atoms with van der Waals surface area (Å²) >= 11 is 0. The fraction of sp³-hybridized carbons (Fsp3) is 0.250. The molecule has 0 unspecified atom stereocenters. The number of oxazole rings is 1. The predicted molar refractivity (Wildman–Crippen MR) is 118 cm³/mol. The first-order valence-corrected chi connectivity index (χ1v) is 10.2. The van der Waals surface area contributed by atoms with Crippen molar-refractivity contribution in [1.82, 2.24) is 14.8 Å². The number of carbonyl (C=O) groups excluding carboxylic acids is 1. The Kier molecular flexibility index (Phi) is 6.02. The largest absolute Gasteiger partial charge is 0.497 e. The minimum absolute atomic E-state index is 0.0855. The van der Waals surface area contributed by atoms with Crippen LogP contribution in [0, 0.1) is 5.92 Å². The second kappa shape index (κ2) is 9.05. The van der Waals surface area contributed by atoms with Gasteiger partial charge in [-0.1, -0.05) is 32.0 Å². The van der Waals surface area contributed by atoms with Crippen LogP contribution in [-0.2, 0) is 17.9 Å². The molecule has 0 amide bonds. The van der Waals surface area contributed by atoms with Crippen molar-refractivity contribution in [2.75, 3.05) is 7.11 Å². The summed E-state index contributed by atoms with van der Waals surface area (Å²) < 4.78 is 17.4.